The van der Waals surface area contributed by atoms with Gasteiger partial charge in [-0.2, -0.15) is 0 Å². The second-order valence-corrected chi connectivity index (χ2v) is 20.6. The van der Waals surface area contributed by atoms with Gasteiger partial charge in [0.15, 0.2) is 6.10 Å². The molecule has 0 saturated heterocycles. The van der Waals surface area contributed by atoms with E-state index < -0.39 is 6.10 Å². The Balaban J connectivity index is 4.35. The first-order valence-corrected chi connectivity index (χ1v) is 30.6. The maximum atomic E-state index is 12.9. The number of hydrogen-bond donors (Lipinski definition) is 0. The predicted molar refractivity (Wildman–Crippen MR) is 302 cm³/mol. The molecule has 0 spiro atoms. The van der Waals surface area contributed by atoms with E-state index in [4.69, 9.17) is 14.2 Å². The molecular formula is C64H116O6. The van der Waals surface area contributed by atoms with Crippen LogP contribution in [-0.2, 0) is 28.6 Å². The molecule has 0 amide bonds. The Hall–Kier alpha value is -2.63. The highest BCUT2D eigenvalue weighted by Gasteiger charge is 2.19. The van der Waals surface area contributed by atoms with Crippen LogP contribution in [0, 0.1) is 0 Å². The molecule has 0 aliphatic rings. The molecule has 0 aromatic carbocycles. The molecule has 0 radical (unpaired) electrons. The van der Waals surface area contributed by atoms with Crippen molar-refractivity contribution in [2.75, 3.05) is 13.2 Å². The molecule has 70 heavy (non-hydrogen) atoms. The van der Waals surface area contributed by atoms with Crippen LogP contribution in [0.2, 0.25) is 0 Å². The normalized spacial score (nSPS) is 12.3. The molecule has 0 rings (SSSR count). The Morgan fingerprint density at radius 3 is 0.843 bits per heavy atom. The Morgan fingerprint density at radius 1 is 0.286 bits per heavy atom. The molecule has 0 aliphatic carbocycles. The van der Waals surface area contributed by atoms with Crippen LogP contribution in [0.3, 0.4) is 0 Å². The first-order chi connectivity index (χ1) is 34.5. The molecule has 0 aliphatic heterocycles. The van der Waals surface area contributed by atoms with Gasteiger partial charge in [-0.05, 0) is 96.3 Å². The summed E-state index contributed by atoms with van der Waals surface area (Å²) >= 11 is 0. The summed E-state index contributed by atoms with van der Waals surface area (Å²) in [4.78, 5) is 38.2. The van der Waals surface area contributed by atoms with E-state index in [0.717, 1.165) is 77.0 Å². The topological polar surface area (TPSA) is 78.9 Å². The van der Waals surface area contributed by atoms with E-state index in [1.165, 1.54) is 205 Å². The second kappa shape index (κ2) is 58.9. The van der Waals surface area contributed by atoms with Crippen LogP contribution in [0.1, 0.15) is 323 Å². The van der Waals surface area contributed by atoms with Crippen LogP contribution in [0.25, 0.3) is 0 Å². The Labute approximate surface area is 435 Å². The van der Waals surface area contributed by atoms with Gasteiger partial charge in [0.25, 0.3) is 0 Å². The van der Waals surface area contributed by atoms with Crippen molar-refractivity contribution in [3.8, 4) is 0 Å². The zero-order chi connectivity index (χ0) is 50.7. The van der Waals surface area contributed by atoms with Crippen LogP contribution in [0.4, 0.5) is 0 Å². The van der Waals surface area contributed by atoms with Crippen LogP contribution in [0.5, 0.6) is 0 Å². The summed E-state index contributed by atoms with van der Waals surface area (Å²) in [6.45, 7) is 6.62. The molecule has 0 aromatic rings. The number of hydrogen-bond acceptors (Lipinski definition) is 6. The zero-order valence-corrected chi connectivity index (χ0v) is 46.8. The molecular weight excluding hydrogens is 865 g/mol. The van der Waals surface area contributed by atoms with E-state index in [9.17, 15) is 14.4 Å². The van der Waals surface area contributed by atoms with Gasteiger partial charge in [-0.1, -0.05) is 256 Å². The SMILES string of the molecule is CCCC/C=C\C/C=C\CCCCCCCC(=O)OC[C@H](COC(=O)CCCCCCCCCCC/C=C\CCCCCCCC)OC(=O)CCCCCCCCCCC/C=C\CCCCCCCC. The summed E-state index contributed by atoms with van der Waals surface area (Å²) in [6, 6.07) is 0. The third-order valence-corrected chi connectivity index (χ3v) is 13.5. The summed E-state index contributed by atoms with van der Waals surface area (Å²) in [6.07, 6.45) is 72.5. The summed E-state index contributed by atoms with van der Waals surface area (Å²) in [5.74, 6) is -0.880. The lowest BCUT2D eigenvalue weighted by Gasteiger charge is -2.18. The highest BCUT2D eigenvalue weighted by atomic mass is 16.6. The summed E-state index contributed by atoms with van der Waals surface area (Å²) in [5, 5.41) is 0. The van der Waals surface area contributed by atoms with E-state index in [1.807, 2.05) is 0 Å². The van der Waals surface area contributed by atoms with Crippen molar-refractivity contribution in [3.05, 3.63) is 48.6 Å². The van der Waals surface area contributed by atoms with E-state index in [1.54, 1.807) is 0 Å². The lowest BCUT2D eigenvalue weighted by atomic mass is 10.1. The van der Waals surface area contributed by atoms with Crippen molar-refractivity contribution < 1.29 is 28.6 Å². The van der Waals surface area contributed by atoms with Gasteiger partial charge in [0.2, 0.25) is 0 Å². The zero-order valence-electron chi connectivity index (χ0n) is 46.8. The minimum atomic E-state index is -0.780. The molecule has 6 heteroatoms. The van der Waals surface area contributed by atoms with Gasteiger partial charge in [-0.15, -0.1) is 0 Å². The highest BCUT2D eigenvalue weighted by molar-refractivity contribution is 5.71. The van der Waals surface area contributed by atoms with Crippen molar-refractivity contribution in [1.82, 2.24) is 0 Å². The number of allylic oxidation sites excluding steroid dienone is 8. The van der Waals surface area contributed by atoms with Crippen molar-refractivity contribution in [2.24, 2.45) is 0 Å². The van der Waals surface area contributed by atoms with Crippen LogP contribution >= 0.6 is 0 Å². The lowest BCUT2D eigenvalue weighted by Crippen LogP contribution is -2.30. The largest absolute Gasteiger partial charge is 0.462 e. The van der Waals surface area contributed by atoms with Gasteiger partial charge < -0.3 is 14.2 Å². The molecule has 6 nitrogen and oxygen atoms in total. The van der Waals surface area contributed by atoms with Gasteiger partial charge >= 0.3 is 17.9 Å². The fourth-order valence-corrected chi connectivity index (χ4v) is 8.86. The molecule has 0 aromatic heterocycles. The van der Waals surface area contributed by atoms with Crippen molar-refractivity contribution in [1.29, 1.82) is 0 Å². The molecule has 408 valence electrons. The summed E-state index contributed by atoms with van der Waals surface area (Å²) < 4.78 is 16.9. The standard InChI is InChI=1S/C64H116O6/c1-4-7-10-13-16-19-22-25-28-30-32-34-36-39-42-45-48-51-54-57-63(66)69-60-61(59-68-62(65)56-53-50-47-44-41-38-27-24-21-18-15-12-9-6-3)70-64(67)58-55-52-49-46-43-40-37-35-33-31-29-26-23-20-17-14-11-8-5-2/h15,18,24-29,61H,4-14,16-17,19-23,30-60H2,1-3H3/b18-15-,27-24-,28-25-,29-26-/t61-/m1/s1. The third-order valence-electron chi connectivity index (χ3n) is 13.5. The Kier molecular flexibility index (Phi) is 56.7. The predicted octanol–water partition coefficient (Wildman–Crippen LogP) is 20.6. The number of esters is 3. The summed E-state index contributed by atoms with van der Waals surface area (Å²) in [5.41, 5.74) is 0. The molecule has 0 fully saturated rings. The van der Waals surface area contributed by atoms with Crippen LogP contribution in [0.15, 0.2) is 48.6 Å². The van der Waals surface area contributed by atoms with Gasteiger partial charge in [-0.3, -0.25) is 14.4 Å². The minimum Gasteiger partial charge on any atom is -0.462 e. The van der Waals surface area contributed by atoms with E-state index in [0.29, 0.717) is 19.3 Å². The average Bonchev–Trinajstić information content (AvgIpc) is 3.36. The van der Waals surface area contributed by atoms with E-state index >= 15 is 0 Å². The second-order valence-electron chi connectivity index (χ2n) is 20.6. The monoisotopic (exact) mass is 981 g/mol. The maximum Gasteiger partial charge on any atom is 0.306 e. The Morgan fingerprint density at radius 2 is 0.529 bits per heavy atom. The van der Waals surface area contributed by atoms with Gasteiger partial charge in [-0.25, -0.2) is 0 Å². The van der Waals surface area contributed by atoms with Gasteiger partial charge in [0, 0.05) is 19.3 Å². The molecule has 0 bridgehead atoms. The molecule has 1 atom stereocenters. The molecule has 0 saturated carbocycles. The minimum absolute atomic E-state index is 0.0775. The first-order valence-electron chi connectivity index (χ1n) is 30.6. The van der Waals surface area contributed by atoms with E-state index in [2.05, 4.69) is 69.4 Å². The summed E-state index contributed by atoms with van der Waals surface area (Å²) in [7, 11) is 0. The third kappa shape index (κ3) is 56.3. The number of carbonyl (C=O) groups is 3. The van der Waals surface area contributed by atoms with E-state index in [-0.39, 0.29) is 31.1 Å². The quantitative estimate of drug-likeness (QED) is 0.0261. The Bertz CT molecular complexity index is 1220. The molecule has 0 unspecified atom stereocenters. The van der Waals surface area contributed by atoms with Crippen LogP contribution < -0.4 is 0 Å². The molecule has 0 N–H and O–H groups in total. The lowest BCUT2D eigenvalue weighted by molar-refractivity contribution is -0.167. The maximum absolute atomic E-state index is 12.9. The van der Waals surface area contributed by atoms with Gasteiger partial charge in [0.1, 0.15) is 13.2 Å². The van der Waals surface area contributed by atoms with Gasteiger partial charge in [0.05, 0.1) is 0 Å². The molecule has 0 heterocycles. The smallest absolute Gasteiger partial charge is 0.306 e. The van der Waals surface area contributed by atoms with Crippen molar-refractivity contribution in [2.45, 2.75) is 329 Å². The van der Waals surface area contributed by atoms with Crippen molar-refractivity contribution in [3.63, 3.8) is 0 Å². The number of rotatable bonds is 56. The average molecular weight is 982 g/mol. The fraction of sp³-hybridized carbons (Fsp3) is 0.828. The van der Waals surface area contributed by atoms with Crippen molar-refractivity contribution >= 4 is 17.9 Å². The fourth-order valence-electron chi connectivity index (χ4n) is 8.86. The highest BCUT2D eigenvalue weighted by Crippen LogP contribution is 2.16. The number of unbranched alkanes of at least 4 members (excludes halogenated alkanes) is 37. The number of ether oxygens (including phenoxy) is 3. The number of carbonyl (C=O) groups excluding carboxylic acids is 3. The first kappa shape index (κ1) is 67.4. The van der Waals surface area contributed by atoms with Crippen LogP contribution in [-0.4, -0.2) is 37.2 Å².